The lowest BCUT2D eigenvalue weighted by Crippen LogP contribution is -2.53. The van der Waals surface area contributed by atoms with Gasteiger partial charge in [0, 0.05) is 5.41 Å². The molecule has 1 aromatic rings. The molecule has 3 aliphatic carbocycles. The van der Waals surface area contributed by atoms with E-state index in [0.717, 1.165) is 38.5 Å². The van der Waals surface area contributed by atoms with Crippen molar-refractivity contribution in [2.75, 3.05) is 0 Å². The normalized spacial score (nSPS) is 38.2. The molecule has 4 rings (SSSR count). The van der Waals surface area contributed by atoms with Gasteiger partial charge >= 0.3 is 0 Å². The Morgan fingerprint density at radius 3 is 2.83 bits per heavy atom. The van der Waals surface area contributed by atoms with E-state index in [2.05, 4.69) is 6.92 Å². The van der Waals surface area contributed by atoms with Crippen LogP contribution in [-0.4, -0.2) is 17.1 Å². The van der Waals surface area contributed by atoms with Crippen molar-refractivity contribution in [2.45, 2.75) is 64.0 Å². The van der Waals surface area contributed by atoms with Gasteiger partial charge in [0.15, 0.2) is 12.0 Å². The summed E-state index contributed by atoms with van der Waals surface area (Å²) < 4.78 is 14.1. The summed E-state index contributed by atoms with van der Waals surface area (Å²) >= 11 is 6.16. The van der Waals surface area contributed by atoms with E-state index in [9.17, 15) is 14.3 Å². The van der Waals surface area contributed by atoms with Gasteiger partial charge in [0.1, 0.15) is 5.75 Å². The van der Waals surface area contributed by atoms with E-state index in [-0.39, 0.29) is 11.5 Å². The highest BCUT2D eigenvalue weighted by Crippen LogP contribution is 2.60. The van der Waals surface area contributed by atoms with E-state index in [0.29, 0.717) is 29.2 Å². The van der Waals surface area contributed by atoms with Gasteiger partial charge in [-0.1, -0.05) is 18.5 Å². The van der Waals surface area contributed by atoms with Crippen molar-refractivity contribution in [2.24, 2.45) is 17.3 Å². The molecule has 0 amide bonds. The fourth-order valence-electron chi connectivity index (χ4n) is 5.97. The van der Waals surface area contributed by atoms with Crippen LogP contribution < -0.4 is 0 Å². The number of aromatic hydroxyl groups is 1. The number of halogens is 2. The number of fused-ring (bicyclic) bond motifs is 5. The van der Waals surface area contributed by atoms with Crippen molar-refractivity contribution >= 4 is 17.4 Å². The van der Waals surface area contributed by atoms with Crippen LogP contribution in [0.25, 0.3) is 0 Å². The quantitative estimate of drug-likeness (QED) is 0.755. The van der Waals surface area contributed by atoms with Crippen LogP contribution in [0, 0.1) is 17.3 Å². The number of hydrogen-bond acceptors (Lipinski definition) is 2. The first-order valence-electron chi connectivity index (χ1n) is 9.17. The Morgan fingerprint density at radius 2 is 2.08 bits per heavy atom. The Labute approximate surface area is 147 Å². The van der Waals surface area contributed by atoms with Crippen LogP contribution >= 0.6 is 11.6 Å². The first-order valence-corrected chi connectivity index (χ1v) is 9.55. The van der Waals surface area contributed by atoms with Gasteiger partial charge in [-0.15, -0.1) is 0 Å². The summed E-state index contributed by atoms with van der Waals surface area (Å²) in [5.41, 5.74) is 1.98. The molecule has 24 heavy (non-hydrogen) atoms. The van der Waals surface area contributed by atoms with Gasteiger partial charge < -0.3 is 5.11 Å². The minimum absolute atomic E-state index is 0.130. The average molecular weight is 351 g/mol. The van der Waals surface area contributed by atoms with Gasteiger partial charge in [-0.25, -0.2) is 4.39 Å². The van der Waals surface area contributed by atoms with E-state index < -0.39 is 11.6 Å². The minimum atomic E-state index is -1.26. The second-order valence-electron chi connectivity index (χ2n) is 7.88. The molecule has 0 saturated heterocycles. The molecule has 5 atom stereocenters. The van der Waals surface area contributed by atoms with Gasteiger partial charge in [-0.05, 0) is 86.0 Å². The van der Waals surface area contributed by atoms with Crippen molar-refractivity contribution in [3.05, 3.63) is 28.3 Å². The van der Waals surface area contributed by atoms with E-state index in [1.54, 1.807) is 6.07 Å². The lowest BCUT2D eigenvalue weighted by molar-refractivity contribution is -0.149. The highest BCUT2D eigenvalue weighted by atomic mass is 35.5. The van der Waals surface area contributed by atoms with Crippen molar-refractivity contribution in [3.63, 3.8) is 0 Å². The maximum Gasteiger partial charge on any atom is 0.173 e. The van der Waals surface area contributed by atoms with Gasteiger partial charge in [0.05, 0.1) is 5.02 Å². The molecule has 1 aromatic carbocycles. The number of hydrogen-bond donors (Lipinski definition) is 1. The number of aryl methyl sites for hydroxylation is 1. The molecule has 0 aliphatic heterocycles. The first-order chi connectivity index (χ1) is 11.5. The van der Waals surface area contributed by atoms with Crippen LogP contribution in [0.1, 0.15) is 62.5 Å². The second kappa shape index (κ2) is 5.72. The summed E-state index contributed by atoms with van der Waals surface area (Å²) in [5.74, 6) is 1.14. The summed E-state index contributed by atoms with van der Waals surface area (Å²) in [6, 6.07) is 3.73. The fourth-order valence-corrected chi connectivity index (χ4v) is 6.15. The van der Waals surface area contributed by atoms with Gasteiger partial charge in [0.25, 0.3) is 0 Å². The van der Waals surface area contributed by atoms with Gasteiger partial charge in [-0.2, -0.15) is 0 Å². The zero-order chi connectivity index (χ0) is 17.1. The lowest BCUT2D eigenvalue weighted by Gasteiger charge is -2.55. The minimum Gasteiger partial charge on any atom is -0.506 e. The highest BCUT2D eigenvalue weighted by molar-refractivity contribution is 6.32. The molecule has 0 heterocycles. The highest BCUT2D eigenvalue weighted by Gasteiger charge is 2.57. The van der Waals surface area contributed by atoms with E-state index in [1.807, 2.05) is 6.07 Å². The molecule has 0 aromatic heterocycles. The molecule has 2 nitrogen and oxygen atoms in total. The largest absolute Gasteiger partial charge is 0.506 e. The Bertz CT molecular complexity index is 688. The predicted molar refractivity (Wildman–Crippen MR) is 92.3 cm³/mol. The molecule has 1 N–H and O–H groups in total. The third kappa shape index (κ3) is 2.16. The molecular weight excluding hydrogens is 327 g/mol. The SMILES string of the molecule is CC[C@]12CC[C@@H]3c4cc(Cl)c(O)cc4CC[C@H]3[C@@H]1CC[C@H](F)C2=O. The molecule has 2 fully saturated rings. The Morgan fingerprint density at radius 1 is 1.29 bits per heavy atom. The Hall–Kier alpha value is -1.09. The first kappa shape index (κ1) is 16.4. The number of alkyl halides is 1. The van der Waals surface area contributed by atoms with Crippen molar-refractivity contribution in [1.82, 2.24) is 0 Å². The zero-order valence-corrected chi connectivity index (χ0v) is 14.8. The number of benzene rings is 1. The number of phenols is 1. The summed E-state index contributed by atoms with van der Waals surface area (Å²) in [4.78, 5) is 12.7. The Kier molecular flexibility index (Phi) is 3.91. The van der Waals surface area contributed by atoms with Crippen LogP contribution in [0.4, 0.5) is 4.39 Å². The molecule has 0 spiro atoms. The lowest BCUT2D eigenvalue weighted by atomic mass is 9.49. The number of rotatable bonds is 1. The van der Waals surface area contributed by atoms with E-state index in [4.69, 9.17) is 11.6 Å². The second-order valence-corrected chi connectivity index (χ2v) is 8.28. The molecule has 4 heteroatoms. The topological polar surface area (TPSA) is 37.3 Å². The average Bonchev–Trinajstić information content (AvgIpc) is 2.58. The molecule has 2 saturated carbocycles. The fraction of sp³-hybridized carbons (Fsp3) is 0.650. The summed E-state index contributed by atoms with van der Waals surface area (Å²) in [7, 11) is 0. The molecule has 0 bridgehead atoms. The van der Waals surface area contributed by atoms with Crippen LogP contribution in [0.15, 0.2) is 12.1 Å². The maximum atomic E-state index is 14.1. The van der Waals surface area contributed by atoms with Gasteiger partial charge in [0.2, 0.25) is 0 Å². The summed E-state index contributed by atoms with van der Waals surface area (Å²) in [6.45, 7) is 2.05. The van der Waals surface area contributed by atoms with E-state index >= 15 is 0 Å². The predicted octanol–water partition coefficient (Wildman–Crippen LogP) is 5.20. The molecular formula is C20H24ClFO2. The third-order valence-electron chi connectivity index (χ3n) is 7.14. The Balaban J connectivity index is 1.73. The van der Waals surface area contributed by atoms with Crippen LogP contribution in [0.5, 0.6) is 5.75 Å². The number of carbonyl (C=O) groups excluding carboxylic acids is 1. The van der Waals surface area contributed by atoms with Crippen LogP contribution in [-0.2, 0) is 11.2 Å². The molecule has 3 aliphatic rings. The number of phenolic OH excluding ortho intramolecular Hbond substituents is 1. The zero-order valence-electron chi connectivity index (χ0n) is 14.0. The molecule has 0 radical (unpaired) electrons. The summed E-state index contributed by atoms with van der Waals surface area (Å²) in [6.07, 6.45) is 4.33. The monoisotopic (exact) mass is 350 g/mol. The molecule has 130 valence electrons. The van der Waals surface area contributed by atoms with Crippen LogP contribution in [0.3, 0.4) is 0 Å². The molecule has 0 unspecified atom stereocenters. The maximum absolute atomic E-state index is 14.1. The van der Waals surface area contributed by atoms with Gasteiger partial charge in [-0.3, -0.25) is 4.79 Å². The van der Waals surface area contributed by atoms with Crippen LogP contribution in [0.2, 0.25) is 5.02 Å². The number of ketones is 1. The standard InChI is InChI=1S/C20H24ClFO2/c1-2-20-8-7-12-13(15(20)5-6-17(22)19(20)24)4-3-11-9-18(23)16(21)10-14(11)12/h9-10,12-13,15,17,23H,2-8H2,1H3/t12-,13+,15-,17-,20-/m0/s1. The number of Topliss-reactive ketones (excluding diaryl/α,β-unsaturated/α-hetero) is 1. The smallest absolute Gasteiger partial charge is 0.173 e. The van der Waals surface area contributed by atoms with Crippen molar-refractivity contribution < 1.29 is 14.3 Å². The summed E-state index contributed by atoms with van der Waals surface area (Å²) in [5, 5.41) is 10.3. The van der Waals surface area contributed by atoms with Crippen molar-refractivity contribution in [3.8, 4) is 5.75 Å². The third-order valence-corrected chi connectivity index (χ3v) is 7.44. The van der Waals surface area contributed by atoms with E-state index in [1.165, 1.54) is 11.1 Å². The van der Waals surface area contributed by atoms with Crippen molar-refractivity contribution in [1.29, 1.82) is 0 Å². The number of carbonyl (C=O) groups is 1.